The monoisotopic (exact) mass is 388 g/mol. The van der Waals surface area contributed by atoms with Gasteiger partial charge in [0.05, 0.1) is 17.4 Å². The quantitative estimate of drug-likeness (QED) is 0.474. The number of fused-ring (bicyclic) bond motifs is 3. The van der Waals surface area contributed by atoms with Crippen molar-refractivity contribution in [1.29, 1.82) is 0 Å². The first-order chi connectivity index (χ1) is 13.7. The number of hydrogen-bond donors (Lipinski definition) is 0. The molecule has 1 aromatic carbocycles. The van der Waals surface area contributed by atoms with Crippen LogP contribution in [0.15, 0.2) is 72.0 Å². The van der Waals surface area contributed by atoms with Gasteiger partial charge in [0.2, 0.25) is 0 Å². The van der Waals surface area contributed by atoms with Crippen molar-refractivity contribution in [2.45, 2.75) is 6.54 Å². The number of nitrogens with zero attached hydrogens (tertiary/aromatic N) is 6. The molecule has 4 heterocycles. The summed E-state index contributed by atoms with van der Waals surface area (Å²) in [5.74, 6) is 0.944. The SMILES string of the molecule is O=c1c2cnc3nc(-c4cccnc4)nn3c2ccn1Cc1ccc(Cl)cc1. The van der Waals surface area contributed by atoms with Crippen LogP contribution in [0.1, 0.15) is 5.56 Å². The Balaban J connectivity index is 1.62. The van der Waals surface area contributed by atoms with Crippen molar-refractivity contribution in [2.24, 2.45) is 0 Å². The summed E-state index contributed by atoms with van der Waals surface area (Å²) in [6.45, 7) is 0.447. The first kappa shape index (κ1) is 16.6. The van der Waals surface area contributed by atoms with Crippen LogP contribution in [-0.2, 0) is 6.54 Å². The summed E-state index contributed by atoms with van der Waals surface area (Å²) >= 11 is 5.93. The van der Waals surface area contributed by atoms with E-state index >= 15 is 0 Å². The zero-order valence-electron chi connectivity index (χ0n) is 14.5. The molecule has 28 heavy (non-hydrogen) atoms. The van der Waals surface area contributed by atoms with Crippen LogP contribution < -0.4 is 5.56 Å². The van der Waals surface area contributed by atoms with Crippen LogP contribution in [0.3, 0.4) is 0 Å². The van der Waals surface area contributed by atoms with Crippen LogP contribution in [-0.4, -0.2) is 29.1 Å². The molecule has 0 bridgehead atoms. The Morgan fingerprint density at radius 2 is 1.89 bits per heavy atom. The van der Waals surface area contributed by atoms with Crippen LogP contribution in [0.4, 0.5) is 0 Å². The lowest BCUT2D eigenvalue weighted by Gasteiger charge is -2.08. The van der Waals surface area contributed by atoms with Gasteiger partial charge in [0.1, 0.15) is 0 Å². The molecule has 0 aliphatic carbocycles. The summed E-state index contributed by atoms with van der Waals surface area (Å²) in [6.07, 6.45) is 6.68. The van der Waals surface area contributed by atoms with Gasteiger partial charge in [-0.05, 0) is 35.9 Å². The summed E-state index contributed by atoms with van der Waals surface area (Å²) < 4.78 is 3.23. The Hall–Kier alpha value is -3.58. The van der Waals surface area contributed by atoms with E-state index in [0.717, 1.165) is 11.1 Å². The summed E-state index contributed by atoms with van der Waals surface area (Å²) in [5.41, 5.74) is 2.29. The largest absolute Gasteiger partial charge is 0.310 e. The molecule has 0 N–H and O–H groups in total. The van der Waals surface area contributed by atoms with Gasteiger partial charge in [0.15, 0.2) is 5.82 Å². The molecule has 8 heteroatoms. The predicted molar refractivity (Wildman–Crippen MR) is 106 cm³/mol. The number of halogens is 1. The fourth-order valence-corrected chi connectivity index (χ4v) is 3.21. The Labute approximate surface area is 163 Å². The molecule has 7 nitrogen and oxygen atoms in total. The third kappa shape index (κ3) is 2.82. The summed E-state index contributed by atoms with van der Waals surface area (Å²) in [6, 6.07) is 13.0. The molecule has 0 radical (unpaired) electrons. The van der Waals surface area contributed by atoms with E-state index in [9.17, 15) is 4.79 Å². The smallest absolute Gasteiger partial charge is 0.261 e. The standard InChI is InChI=1S/C20H13ClN6O/c21-15-5-3-13(4-6-15)12-26-9-7-17-16(19(26)28)11-23-20-24-18(25-27(17)20)14-2-1-8-22-10-14/h1-11H,12H2. The third-order valence-electron chi connectivity index (χ3n) is 4.49. The van der Waals surface area contributed by atoms with E-state index in [1.165, 1.54) is 0 Å². The molecule has 5 rings (SSSR count). The van der Waals surface area contributed by atoms with Crippen molar-refractivity contribution in [1.82, 2.24) is 29.1 Å². The number of rotatable bonds is 3. The van der Waals surface area contributed by atoms with Crippen LogP contribution in [0.2, 0.25) is 5.02 Å². The fraction of sp³-hybridized carbons (Fsp3) is 0.0500. The van der Waals surface area contributed by atoms with Gasteiger partial charge in [-0.3, -0.25) is 9.78 Å². The molecule has 0 saturated heterocycles. The number of aromatic nitrogens is 6. The van der Waals surface area contributed by atoms with Crippen LogP contribution in [0.25, 0.3) is 28.1 Å². The summed E-state index contributed by atoms with van der Waals surface area (Å²) in [4.78, 5) is 25.8. The van der Waals surface area contributed by atoms with E-state index in [4.69, 9.17) is 11.6 Å². The van der Waals surface area contributed by atoms with Crippen molar-refractivity contribution in [3.63, 3.8) is 0 Å². The molecule has 136 valence electrons. The maximum Gasteiger partial charge on any atom is 0.261 e. The van der Waals surface area contributed by atoms with Gasteiger partial charge < -0.3 is 4.57 Å². The summed E-state index contributed by atoms with van der Waals surface area (Å²) in [7, 11) is 0. The Morgan fingerprint density at radius 3 is 2.68 bits per heavy atom. The minimum absolute atomic E-state index is 0.139. The first-order valence-electron chi connectivity index (χ1n) is 8.59. The maximum absolute atomic E-state index is 12.9. The average Bonchev–Trinajstić information content (AvgIpc) is 3.17. The highest BCUT2D eigenvalue weighted by Crippen LogP contribution is 2.17. The topological polar surface area (TPSA) is 78.0 Å². The highest BCUT2D eigenvalue weighted by Gasteiger charge is 2.12. The van der Waals surface area contributed by atoms with E-state index < -0.39 is 0 Å². The van der Waals surface area contributed by atoms with E-state index in [2.05, 4.69) is 20.1 Å². The maximum atomic E-state index is 12.9. The lowest BCUT2D eigenvalue weighted by Crippen LogP contribution is -2.21. The lowest BCUT2D eigenvalue weighted by molar-refractivity contribution is 0.765. The number of pyridine rings is 2. The van der Waals surface area contributed by atoms with Crippen LogP contribution in [0.5, 0.6) is 0 Å². The van der Waals surface area contributed by atoms with Crippen LogP contribution >= 0.6 is 11.6 Å². The van der Waals surface area contributed by atoms with Gasteiger partial charge in [-0.1, -0.05) is 23.7 Å². The van der Waals surface area contributed by atoms with Gasteiger partial charge in [-0.15, -0.1) is 5.10 Å². The Kier molecular flexibility index (Phi) is 3.87. The van der Waals surface area contributed by atoms with Gasteiger partial charge >= 0.3 is 0 Å². The lowest BCUT2D eigenvalue weighted by atomic mass is 10.2. The molecule has 5 aromatic rings. The Morgan fingerprint density at radius 1 is 1.04 bits per heavy atom. The van der Waals surface area contributed by atoms with E-state index in [1.807, 2.05) is 42.5 Å². The molecule has 0 fully saturated rings. The molecule has 0 saturated carbocycles. The van der Waals surface area contributed by atoms with Crippen molar-refractivity contribution in [2.75, 3.05) is 0 Å². The van der Waals surface area contributed by atoms with Gasteiger partial charge in [0.25, 0.3) is 11.3 Å². The summed E-state index contributed by atoms with van der Waals surface area (Å²) in [5, 5.41) is 5.66. The van der Waals surface area contributed by atoms with Crippen molar-refractivity contribution < 1.29 is 0 Å². The molecule has 4 aromatic heterocycles. The fourth-order valence-electron chi connectivity index (χ4n) is 3.09. The van der Waals surface area contributed by atoms with Crippen molar-refractivity contribution in [3.05, 3.63) is 88.2 Å². The molecule has 0 atom stereocenters. The van der Waals surface area contributed by atoms with Gasteiger partial charge in [-0.25, -0.2) is 4.98 Å². The normalized spacial score (nSPS) is 11.3. The third-order valence-corrected chi connectivity index (χ3v) is 4.74. The second kappa shape index (κ2) is 6.54. The van der Waals surface area contributed by atoms with Crippen molar-refractivity contribution in [3.8, 4) is 11.4 Å². The molecular formula is C20H13ClN6O. The van der Waals surface area contributed by atoms with Gasteiger partial charge in [-0.2, -0.15) is 9.50 Å². The highest BCUT2D eigenvalue weighted by atomic mass is 35.5. The molecule has 0 amide bonds. The Bertz CT molecular complexity index is 1360. The number of hydrogen-bond acceptors (Lipinski definition) is 5. The van der Waals surface area contributed by atoms with Gasteiger partial charge in [0, 0.05) is 35.4 Å². The highest BCUT2D eigenvalue weighted by molar-refractivity contribution is 6.30. The second-order valence-corrected chi connectivity index (χ2v) is 6.76. The first-order valence-corrected chi connectivity index (χ1v) is 8.96. The molecule has 0 aliphatic heterocycles. The van der Waals surface area contributed by atoms with E-state index in [-0.39, 0.29) is 5.56 Å². The molecule has 0 aliphatic rings. The molecule has 0 spiro atoms. The number of benzene rings is 1. The van der Waals surface area contributed by atoms with E-state index in [1.54, 1.807) is 33.9 Å². The average molecular weight is 389 g/mol. The molecule has 0 unspecified atom stereocenters. The molecular weight excluding hydrogens is 376 g/mol. The van der Waals surface area contributed by atoms with Crippen molar-refractivity contribution >= 4 is 28.3 Å². The second-order valence-electron chi connectivity index (χ2n) is 6.32. The minimum Gasteiger partial charge on any atom is -0.310 e. The predicted octanol–water partition coefficient (Wildman–Crippen LogP) is 3.20. The van der Waals surface area contributed by atoms with Crippen LogP contribution in [0, 0.1) is 0 Å². The zero-order valence-corrected chi connectivity index (χ0v) is 15.3. The minimum atomic E-state index is -0.139. The zero-order chi connectivity index (χ0) is 19.1. The van der Waals surface area contributed by atoms with E-state index in [0.29, 0.717) is 34.1 Å².